The van der Waals surface area contributed by atoms with Gasteiger partial charge < -0.3 is 5.32 Å². The summed E-state index contributed by atoms with van der Waals surface area (Å²) in [6.45, 7) is 3.67. The highest BCUT2D eigenvalue weighted by molar-refractivity contribution is 5.75. The molecule has 0 spiro atoms. The molecule has 0 saturated heterocycles. The number of hydrogen-bond donors (Lipinski definition) is 1. The van der Waals surface area contributed by atoms with Crippen LogP contribution in [0.3, 0.4) is 0 Å². The van der Waals surface area contributed by atoms with Crippen LogP contribution in [0.1, 0.15) is 13.8 Å². The Morgan fingerprint density at radius 1 is 1.67 bits per heavy atom. The van der Waals surface area contributed by atoms with Crippen molar-refractivity contribution >= 4 is 6.03 Å². The molecule has 0 bridgehead atoms. The Kier molecular flexibility index (Phi) is 2.32. The topological polar surface area (TPSA) is 66.8 Å². The van der Waals surface area contributed by atoms with Gasteiger partial charge in [-0.1, -0.05) is 0 Å². The third kappa shape index (κ3) is 1.98. The van der Waals surface area contributed by atoms with Crippen LogP contribution in [0.5, 0.6) is 5.88 Å². The summed E-state index contributed by atoms with van der Waals surface area (Å²) in [6.07, 6.45) is 1.33. The molecular formula is C7H10N3O2. The van der Waals surface area contributed by atoms with Gasteiger partial charge in [0.15, 0.2) is 0 Å². The number of rotatable bonds is 1. The van der Waals surface area contributed by atoms with Crippen LogP contribution in [0.2, 0.25) is 0 Å². The van der Waals surface area contributed by atoms with E-state index in [1.165, 1.54) is 12.3 Å². The predicted octanol–water partition coefficient (Wildman–Crippen LogP) is 0.993. The van der Waals surface area contributed by atoms with Crippen LogP contribution in [0.4, 0.5) is 4.79 Å². The van der Waals surface area contributed by atoms with E-state index in [1.807, 2.05) is 13.8 Å². The molecule has 1 radical (unpaired) electrons. The zero-order valence-corrected chi connectivity index (χ0v) is 6.94. The Bertz CT molecular complexity index is 280. The van der Waals surface area contributed by atoms with Crippen molar-refractivity contribution in [3.05, 3.63) is 12.3 Å². The van der Waals surface area contributed by atoms with Gasteiger partial charge in [-0.25, -0.2) is 4.79 Å². The number of carbonyl (C=O) groups excluding carboxylic acids is 1. The van der Waals surface area contributed by atoms with Gasteiger partial charge in [0.2, 0.25) is 0 Å². The lowest BCUT2D eigenvalue weighted by Crippen LogP contribution is -2.34. The first-order valence-electron chi connectivity index (χ1n) is 3.63. The molecule has 1 aromatic rings. The zero-order chi connectivity index (χ0) is 9.14. The fourth-order valence-electron chi connectivity index (χ4n) is 0.733. The van der Waals surface area contributed by atoms with Gasteiger partial charge in [-0.2, -0.15) is 4.68 Å². The molecule has 0 atom stereocenters. The standard InChI is InChI=1S/C7H10N3O2/c1-5(2)8-7(12)10-4-3-6(11)9-10/h3-5H,1-2H3,(H,8,12). The largest absolute Gasteiger partial charge is 0.342 e. The Morgan fingerprint density at radius 3 is 2.75 bits per heavy atom. The molecule has 0 aliphatic heterocycles. The molecule has 1 aromatic heterocycles. The van der Waals surface area contributed by atoms with E-state index in [2.05, 4.69) is 10.4 Å². The molecule has 0 saturated carbocycles. The molecule has 0 unspecified atom stereocenters. The maximum absolute atomic E-state index is 11.1. The smallest absolute Gasteiger partial charge is 0.334 e. The maximum atomic E-state index is 11.1. The monoisotopic (exact) mass is 168 g/mol. The number of amides is 1. The van der Waals surface area contributed by atoms with Crippen LogP contribution in [0.15, 0.2) is 12.3 Å². The fraction of sp³-hybridized carbons (Fsp3) is 0.429. The van der Waals surface area contributed by atoms with Crippen LogP contribution in [-0.2, 0) is 5.11 Å². The normalized spacial score (nSPS) is 10.2. The molecule has 0 aliphatic rings. The Morgan fingerprint density at radius 2 is 2.33 bits per heavy atom. The van der Waals surface area contributed by atoms with Crippen molar-refractivity contribution in [1.82, 2.24) is 15.1 Å². The first kappa shape index (κ1) is 8.58. The van der Waals surface area contributed by atoms with E-state index >= 15 is 0 Å². The summed E-state index contributed by atoms with van der Waals surface area (Å²) in [7, 11) is 0. The minimum Gasteiger partial charge on any atom is -0.334 e. The van der Waals surface area contributed by atoms with Gasteiger partial charge in [0.1, 0.15) is 0 Å². The first-order chi connectivity index (χ1) is 5.59. The summed E-state index contributed by atoms with van der Waals surface area (Å²) in [5, 5.41) is 16.6. The molecule has 0 aromatic carbocycles. The highest BCUT2D eigenvalue weighted by atomic mass is 16.3. The lowest BCUT2D eigenvalue weighted by molar-refractivity contribution is 0.235. The molecule has 1 heterocycles. The van der Waals surface area contributed by atoms with Gasteiger partial charge in [0.05, 0.1) is 0 Å². The fourth-order valence-corrected chi connectivity index (χ4v) is 0.733. The predicted molar refractivity (Wildman–Crippen MR) is 41.4 cm³/mol. The number of nitrogens with one attached hydrogen (secondary N) is 1. The number of hydrogen-bond acceptors (Lipinski definition) is 2. The second kappa shape index (κ2) is 3.25. The van der Waals surface area contributed by atoms with Gasteiger partial charge >= 0.3 is 6.03 Å². The van der Waals surface area contributed by atoms with Crippen molar-refractivity contribution in [3.8, 4) is 5.88 Å². The molecule has 0 fully saturated rings. The summed E-state index contributed by atoms with van der Waals surface area (Å²) in [4.78, 5) is 11.1. The van der Waals surface area contributed by atoms with Gasteiger partial charge in [-0.15, -0.1) is 5.10 Å². The van der Waals surface area contributed by atoms with Crippen LogP contribution < -0.4 is 5.32 Å². The summed E-state index contributed by atoms with van der Waals surface area (Å²) in [6, 6.07) is 0.892. The molecule has 12 heavy (non-hydrogen) atoms. The van der Waals surface area contributed by atoms with E-state index in [-0.39, 0.29) is 12.1 Å². The summed E-state index contributed by atoms with van der Waals surface area (Å²) in [5.74, 6) is -0.408. The van der Waals surface area contributed by atoms with Crippen molar-refractivity contribution in [2.45, 2.75) is 19.9 Å². The van der Waals surface area contributed by atoms with Crippen molar-refractivity contribution in [3.63, 3.8) is 0 Å². The third-order valence-corrected chi connectivity index (χ3v) is 1.18. The molecule has 65 valence electrons. The molecular weight excluding hydrogens is 158 g/mol. The molecule has 5 heteroatoms. The van der Waals surface area contributed by atoms with Crippen LogP contribution in [0, 0.1) is 0 Å². The average molecular weight is 168 g/mol. The quantitative estimate of drug-likeness (QED) is 0.679. The van der Waals surface area contributed by atoms with Crippen molar-refractivity contribution in [2.75, 3.05) is 0 Å². The van der Waals surface area contributed by atoms with Gasteiger partial charge in [-0.05, 0) is 13.8 Å². The highest BCUT2D eigenvalue weighted by Crippen LogP contribution is 2.01. The van der Waals surface area contributed by atoms with E-state index < -0.39 is 5.88 Å². The van der Waals surface area contributed by atoms with E-state index in [4.69, 9.17) is 0 Å². The molecule has 0 aliphatic carbocycles. The number of nitrogens with zero attached hydrogens (tertiary/aromatic N) is 2. The molecule has 1 amide bonds. The van der Waals surface area contributed by atoms with Crippen LogP contribution >= 0.6 is 0 Å². The molecule has 1 N–H and O–H groups in total. The first-order valence-corrected chi connectivity index (χ1v) is 3.63. The summed E-state index contributed by atoms with van der Waals surface area (Å²) in [5.41, 5.74) is 0. The molecule has 5 nitrogen and oxygen atoms in total. The maximum Gasteiger partial charge on any atom is 0.342 e. The Balaban J connectivity index is 2.65. The van der Waals surface area contributed by atoms with Crippen molar-refractivity contribution in [1.29, 1.82) is 0 Å². The lowest BCUT2D eigenvalue weighted by atomic mass is 10.4. The molecule has 1 rings (SSSR count). The van der Waals surface area contributed by atoms with Gasteiger partial charge in [-0.3, -0.25) is 5.11 Å². The number of aromatic nitrogens is 2. The Labute approximate surface area is 70.0 Å². The van der Waals surface area contributed by atoms with Crippen molar-refractivity contribution < 1.29 is 9.90 Å². The SMILES string of the molecule is CC(C)NC(=O)n1ccc([O])n1. The van der Waals surface area contributed by atoms with Crippen LogP contribution in [-0.4, -0.2) is 21.9 Å². The second-order valence-electron chi connectivity index (χ2n) is 2.70. The summed E-state index contributed by atoms with van der Waals surface area (Å²) >= 11 is 0. The zero-order valence-electron chi connectivity index (χ0n) is 6.94. The van der Waals surface area contributed by atoms with E-state index in [0.717, 1.165) is 4.68 Å². The van der Waals surface area contributed by atoms with Crippen molar-refractivity contribution in [2.24, 2.45) is 0 Å². The van der Waals surface area contributed by atoms with Gasteiger partial charge in [0.25, 0.3) is 5.88 Å². The minimum atomic E-state index is -0.408. The Hall–Kier alpha value is -1.52. The van der Waals surface area contributed by atoms with E-state index in [0.29, 0.717) is 0 Å². The average Bonchev–Trinajstić information content (AvgIpc) is 2.34. The number of carbonyl (C=O) groups is 1. The van der Waals surface area contributed by atoms with Crippen LogP contribution in [0.25, 0.3) is 0 Å². The summed E-state index contributed by atoms with van der Waals surface area (Å²) < 4.78 is 0.988. The van der Waals surface area contributed by atoms with E-state index in [1.54, 1.807) is 0 Å². The van der Waals surface area contributed by atoms with E-state index in [9.17, 15) is 9.90 Å². The lowest BCUT2D eigenvalue weighted by Gasteiger charge is -2.06. The second-order valence-corrected chi connectivity index (χ2v) is 2.70. The van der Waals surface area contributed by atoms with Gasteiger partial charge in [0, 0.05) is 18.3 Å². The third-order valence-electron chi connectivity index (χ3n) is 1.18. The minimum absolute atomic E-state index is 0.0387. The highest BCUT2D eigenvalue weighted by Gasteiger charge is 2.07.